The zero-order valence-electron chi connectivity index (χ0n) is 14.1. The van der Waals surface area contributed by atoms with Gasteiger partial charge in [0.25, 0.3) is 0 Å². The predicted molar refractivity (Wildman–Crippen MR) is 95.4 cm³/mol. The first-order valence-electron chi connectivity index (χ1n) is 8.41. The highest BCUT2D eigenvalue weighted by molar-refractivity contribution is 5.88. The number of rotatable bonds is 4. The monoisotopic (exact) mass is 350 g/mol. The molecule has 0 saturated heterocycles. The molecule has 0 amide bonds. The van der Waals surface area contributed by atoms with E-state index in [2.05, 4.69) is 33.3 Å². The number of hydrogen-bond acceptors (Lipinski definition) is 4. The lowest BCUT2D eigenvalue weighted by atomic mass is 10.00. The van der Waals surface area contributed by atoms with Gasteiger partial charge in [-0.25, -0.2) is 19.3 Å². The lowest BCUT2D eigenvalue weighted by Crippen LogP contribution is -2.31. The van der Waals surface area contributed by atoms with Crippen molar-refractivity contribution in [3.63, 3.8) is 0 Å². The molecule has 2 heterocycles. The average molecular weight is 350 g/mol. The molecule has 1 aromatic heterocycles. The first-order valence-corrected chi connectivity index (χ1v) is 8.41. The van der Waals surface area contributed by atoms with Gasteiger partial charge in [-0.2, -0.15) is 5.10 Å². The number of aromatic carboxylic acids is 1. The van der Waals surface area contributed by atoms with Gasteiger partial charge in [0.15, 0.2) is 5.82 Å². The number of hydrogen-bond donors (Lipinski definition) is 2. The summed E-state index contributed by atoms with van der Waals surface area (Å²) >= 11 is 0. The standard InChI is InChI=1S/C19H18N4O3/c24-18(25)14-6-3-7-16(10-14)23-17(20-21-19(23)26)12-22-9-8-13-4-1-2-5-15(13)11-22/h1-7,10H,8-9,11-12H2,(H,21,26)(H,24,25). The van der Waals surface area contributed by atoms with E-state index in [0.717, 1.165) is 19.5 Å². The number of benzene rings is 2. The quantitative estimate of drug-likeness (QED) is 0.749. The van der Waals surface area contributed by atoms with Crippen molar-refractivity contribution in [2.75, 3.05) is 6.54 Å². The highest BCUT2D eigenvalue weighted by Crippen LogP contribution is 2.20. The number of H-pyrrole nitrogens is 1. The zero-order chi connectivity index (χ0) is 18.1. The third kappa shape index (κ3) is 3.04. The molecule has 2 N–H and O–H groups in total. The minimum absolute atomic E-state index is 0.133. The molecule has 1 aliphatic heterocycles. The summed E-state index contributed by atoms with van der Waals surface area (Å²) in [7, 11) is 0. The summed E-state index contributed by atoms with van der Waals surface area (Å²) < 4.78 is 1.44. The Labute approximate surface area is 149 Å². The lowest BCUT2D eigenvalue weighted by Gasteiger charge is -2.28. The molecule has 132 valence electrons. The molecule has 7 nitrogen and oxygen atoms in total. The van der Waals surface area contributed by atoms with Crippen LogP contribution in [-0.2, 0) is 19.5 Å². The maximum Gasteiger partial charge on any atom is 0.347 e. The summed E-state index contributed by atoms with van der Waals surface area (Å²) in [6.07, 6.45) is 0.958. The van der Waals surface area contributed by atoms with Crippen molar-refractivity contribution in [1.29, 1.82) is 0 Å². The van der Waals surface area contributed by atoms with Crippen LogP contribution in [-0.4, -0.2) is 37.3 Å². The van der Waals surface area contributed by atoms with Gasteiger partial charge in [0.05, 0.1) is 17.8 Å². The summed E-state index contributed by atoms with van der Waals surface area (Å²) in [6, 6.07) is 14.7. The van der Waals surface area contributed by atoms with Gasteiger partial charge in [0.1, 0.15) is 0 Å². The molecule has 2 aromatic carbocycles. The van der Waals surface area contributed by atoms with Gasteiger partial charge in [-0.15, -0.1) is 0 Å². The largest absolute Gasteiger partial charge is 0.478 e. The Balaban J connectivity index is 1.63. The van der Waals surface area contributed by atoms with E-state index < -0.39 is 5.97 Å². The number of carbonyl (C=O) groups is 1. The van der Waals surface area contributed by atoms with Crippen LogP contribution in [0, 0.1) is 0 Å². The Kier molecular flexibility index (Phi) is 4.14. The minimum Gasteiger partial charge on any atom is -0.478 e. The second-order valence-electron chi connectivity index (χ2n) is 6.37. The maximum absolute atomic E-state index is 12.2. The van der Waals surface area contributed by atoms with Gasteiger partial charge in [0, 0.05) is 13.1 Å². The molecule has 0 aliphatic carbocycles. The molecule has 0 unspecified atom stereocenters. The second kappa shape index (κ2) is 6.61. The first kappa shape index (κ1) is 16.3. The summed E-state index contributed by atoms with van der Waals surface area (Å²) in [5, 5.41) is 15.8. The fourth-order valence-electron chi connectivity index (χ4n) is 3.37. The fraction of sp³-hybridized carbons (Fsp3) is 0.211. The van der Waals surface area contributed by atoms with Crippen molar-refractivity contribution in [1.82, 2.24) is 19.7 Å². The van der Waals surface area contributed by atoms with Crippen molar-refractivity contribution in [2.24, 2.45) is 0 Å². The molecule has 7 heteroatoms. The number of aromatic amines is 1. The van der Waals surface area contributed by atoms with Crippen LogP contribution in [0.15, 0.2) is 53.3 Å². The van der Waals surface area contributed by atoms with E-state index in [-0.39, 0.29) is 11.3 Å². The van der Waals surface area contributed by atoms with Crippen molar-refractivity contribution in [3.05, 3.63) is 81.5 Å². The third-order valence-corrected chi connectivity index (χ3v) is 4.67. The van der Waals surface area contributed by atoms with E-state index in [9.17, 15) is 14.7 Å². The highest BCUT2D eigenvalue weighted by atomic mass is 16.4. The molecule has 0 fully saturated rings. The topological polar surface area (TPSA) is 91.2 Å². The van der Waals surface area contributed by atoms with E-state index in [1.807, 2.05) is 6.07 Å². The van der Waals surface area contributed by atoms with Crippen molar-refractivity contribution in [3.8, 4) is 5.69 Å². The van der Waals surface area contributed by atoms with E-state index in [4.69, 9.17) is 0 Å². The molecule has 26 heavy (non-hydrogen) atoms. The van der Waals surface area contributed by atoms with Crippen LogP contribution in [0.1, 0.15) is 27.3 Å². The number of nitrogens with zero attached hydrogens (tertiary/aromatic N) is 3. The lowest BCUT2D eigenvalue weighted by molar-refractivity contribution is 0.0697. The van der Waals surface area contributed by atoms with Crippen molar-refractivity contribution < 1.29 is 9.90 Å². The van der Waals surface area contributed by atoms with E-state index in [1.165, 1.54) is 27.8 Å². The SMILES string of the molecule is O=C(O)c1cccc(-n2c(CN3CCc4ccccc4C3)n[nH]c2=O)c1. The molecular weight excluding hydrogens is 332 g/mol. The van der Waals surface area contributed by atoms with Crippen LogP contribution in [0.3, 0.4) is 0 Å². The van der Waals surface area contributed by atoms with Crippen LogP contribution in [0.5, 0.6) is 0 Å². The molecular formula is C19H18N4O3. The summed E-state index contributed by atoms with van der Waals surface area (Å²) in [5.74, 6) is -0.463. The Morgan fingerprint density at radius 1 is 1.15 bits per heavy atom. The van der Waals surface area contributed by atoms with Crippen LogP contribution >= 0.6 is 0 Å². The molecule has 0 bridgehead atoms. The number of nitrogens with one attached hydrogen (secondary N) is 1. The zero-order valence-corrected chi connectivity index (χ0v) is 14.1. The minimum atomic E-state index is -1.03. The van der Waals surface area contributed by atoms with Crippen LogP contribution in [0.4, 0.5) is 0 Å². The van der Waals surface area contributed by atoms with E-state index >= 15 is 0 Å². The van der Waals surface area contributed by atoms with Gasteiger partial charge in [-0.3, -0.25) is 4.90 Å². The van der Waals surface area contributed by atoms with Gasteiger partial charge in [-0.1, -0.05) is 30.3 Å². The smallest absolute Gasteiger partial charge is 0.347 e. The number of fused-ring (bicyclic) bond motifs is 1. The van der Waals surface area contributed by atoms with Gasteiger partial charge < -0.3 is 5.11 Å². The van der Waals surface area contributed by atoms with Gasteiger partial charge in [0.2, 0.25) is 0 Å². The normalized spacial score (nSPS) is 14.2. The van der Waals surface area contributed by atoms with E-state index in [0.29, 0.717) is 18.1 Å². The molecule has 4 rings (SSSR count). The average Bonchev–Trinajstić information content (AvgIpc) is 3.02. The maximum atomic E-state index is 12.2. The third-order valence-electron chi connectivity index (χ3n) is 4.67. The Hall–Kier alpha value is -3.19. The molecule has 0 spiro atoms. The molecule has 0 saturated carbocycles. The fourth-order valence-corrected chi connectivity index (χ4v) is 3.37. The highest BCUT2D eigenvalue weighted by Gasteiger charge is 2.19. The number of carboxylic acid groups (broad SMARTS) is 1. The summed E-state index contributed by atoms with van der Waals surface area (Å²) in [5.41, 5.74) is 2.90. The Morgan fingerprint density at radius 3 is 2.77 bits per heavy atom. The number of carboxylic acids is 1. The van der Waals surface area contributed by atoms with Gasteiger partial charge in [-0.05, 0) is 35.7 Å². The second-order valence-corrected chi connectivity index (χ2v) is 6.37. The predicted octanol–water partition coefficient (Wildman–Crippen LogP) is 1.82. The molecule has 1 aliphatic rings. The van der Waals surface area contributed by atoms with Crippen molar-refractivity contribution >= 4 is 5.97 Å². The Bertz CT molecular complexity index is 1020. The van der Waals surface area contributed by atoms with Crippen molar-refractivity contribution in [2.45, 2.75) is 19.5 Å². The molecule has 3 aromatic rings. The summed E-state index contributed by atoms with van der Waals surface area (Å²) in [4.78, 5) is 25.7. The van der Waals surface area contributed by atoms with Gasteiger partial charge >= 0.3 is 11.7 Å². The molecule has 0 atom stereocenters. The van der Waals surface area contributed by atoms with E-state index in [1.54, 1.807) is 12.1 Å². The van der Waals surface area contributed by atoms with Crippen LogP contribution in [0.2, 0.25) is 0 Å². The molecule has 0 radical (unpaired) electrons. The Morgan fingerprint density at radius 2 is 1.96 bits per heavy atom. The van der Waals surface area contributed by atoms with Crippen LogP contribution < -0.4 is 5.69 Å². The number of aromatic nitrogens is 3. The first-order chi connectivity index (χ1) is 12.6. The van der Waals surface area contributed by atoms with Crippen LogP contribution in [0.25, 0.3) is 5.69 Å². The summed E-state index contributed by atoms with van der Waals surface area (Å²) in [6.45, 7) is 2.18.